The van der Waals surface area contributed by atoms with Crippen molar-refractivity contribution in [3.63, 3.8) is 0 Å². The van der Waals surface area contributed by atoms with Crippen molar-refractivity contribution in [2.45, 2.75) is 30.9 Å². The molecule has 0 radical (unpaired) electrons. The van der Waals surface area contributed by atoms with E-state index in [1.807, 2.05) is 0 Å². The second-order valence-corrected chi connectivity index (χ2v) is 4.59. The molecule has 0 aromatic rings. The topological polar surface area (TPSA) is 35.2 Å². The molecule has 12 heavy (non-hydrogen) atoms. The average molecular weight is 189 g/mol. The maximum Gasteiger partial charge on any atom is 0.0476 e. The van der Waals surface area contributed by atoms with E-state index in [1.165, 1.54) is 31.4 Å². The van der Waals surface area contributed by atoms with E-state index < -0.39 is 0 Å². The van der Waals surface area contributed by atoms with Gasteiger partial charge in [-0.15, -0.1) is 0 Å². The number of rotatable bonds is 5. The van der Waals surface area contributed by atoms with Crippen LogP contribution in [-0.4, -0.2) is 30.8 Å². The molecule has 2 N–H and O–H groups in total. The number of hydrogen-bond donors (Lipinski definition) is 1. The lowest BCUT2D eigenvalue weighted by Crippen LogP contribution is -2.17. The summed E-state index contributed by atoms with van der Waals surface area (Å²) in [5.41, 5.74) is 5.42. The summed E-state index contributed by atoms with van der Waals surface area (Å²) in [6.07, 6.45) is 4.94. The molecule has 1 rings (SSSR count). The van der Waals surface area contributed by atoms with Crippen molar-refractivity contribution in [3.05, 3.63) is 0 Å². The fourth-order valence-electron chi connectivity index (χ4n) is 1.34. The quantitative estimate of drug-likeness (QED) is 0.668. The normalized spacial score (nSPS) is 19.8. The van der Waals surface area contributed by atoms with Crippen molar-refractivity contribution in [1.82, 2.24) is 0 Å². The van der Waals surface area contributed by atoms with Crippen LogP contribution in [0.1, 0.15) is 25.7 Å². The Bertz CT molecular complexity index is 105. The Morgan fingerprint density at radius 2 is 2.00 bits per heavy atom. The van der Waals surface area contributed by atoms with Gasteiger partial charge in [-0.05, 0) is 38.0 Å². The minimum atomic E-state index is 0.842. The van der Waals surface area contributed by atoms with Gasteiger partial charge in [0.15, 0.2) is 0 Å². The highest BCUT2D eigenvalue weighted by molar-refractivity contribution is 7.99. The van der Waals surface area contributed by atoms with Crippen LogP contribution in [0.5, 0.6) is 0 Å². The van der Waals surface area contributed by atoms with E-state index in [2.05, 4.69) is 11.8 Å². The van der Waals surface area contributed by atoms with Crippen LogP contribution >= 0.6 is 11.8 Å². The second kappa shape index (κ2) is 6.75. The van der Waals surface area contributed by atoms with Crippen molar-refractivity contribution in [1.29, 1.82) is 0 Å². The zero-order chi connectivity index (χ0) is 8.65. The number of thioether (sulfide) groups is 1. The Kier molecular flexibility index (Phi) is 5.82. The zero-order valence-electron chi connectivity index (χ0n) is 7.63. The molecule has 0 aromatic heterocycles. The highest BCUT2D eigenvalue weighted by Gasteiger charge is 2.12. The Labute approximate surface area is 79.2 Å². The lowest BCUT2D eigenvalue weighted by Gasteiger charge is -2.21. The third-order valence-corrected chi connectivity index (χ3v) is 3.59. The van der Waals surface area contributed by atoms with Crippen LogP contribution in [-0.2, 0) is 4.74 Å². The van der Waals surface area contributed by atoms with Gasteiger partial charge in [-0.1, -0.05) is 0 Å². The molecule has 3 heteroatoms. The van der Waals surface area contributed by atoms with Gasteiger partial charge >= 0.3 is 0 Å². The predicted molar refractivity (Wildman–Crippen MR) is 54.6 cm³/mol. The molecule has 0 aliphatic carbocycles. The van der Waals surface area contributed by atoms with Gasteiger partial charge in [-0.2, -0.15) is 11.8 Å². The van der Waals surface area contributed by atoms with Gasteiger partial charge in [0, 0.05) is 18.5 Å². The van der Waals surface area contributed by atoms with E-state index in [-0.39, 0.29) is 0 Å². The van der Waals surface area contributed by atoms with Crippen LogP contribution < -0.4 is 5.73 Å². The Morgan fingerprint density at radius 3 is 2.67 bits per heavy atom. The van der Waals surface area contributed by atoms with E-state index in [4.69, 9.17) is 10.5 Å². The molecule has 72 valence electrons. The van der Waals surface area contributed by atoms with Gasteiger partial charge in [0.1, 0.15) is 0 Å². The smallest absolute Gasteiger partial charge is 0.0476 e. The number of nitrogens with two attached hydrogens (primary N) is 1. The van der Waals surface area contributed by atoms with Gasteiger partial charge < -0.3 is 10.5 Å². The van der Waals surface area contributed by atoms with Gasteiger partial charge in [-0.3, -0.25) is 0 Å². The second-order valence-electron chi connectivity index (χ2n) is 3.18. The molecular formula is C9H19NOS. The van der Waals surface area contributed by atoms with E-state index >= 15 is 0 Å². The molecule has 2 nitrogen and oxygen atoms in total. The van der Waals surface area contributed by atoms with Crippen LogP contribution in [0.4, 0.5) is 0 Å². The van der Waals surface area contributed by atoms with Crippen LogP contribution in [0.25, 0.3) is 0 Å². The standard InChI is InChI=1S/C9H19NOS/c10-5-1-2-8-12-9-3-6-11-7-4-9/h9H,1-8,10H2. The Balaban J connectivity index is 1.91. The van der Waals surface area contributed by atoms with Crippen molar-refractivity contribution < 1.29 is 4.74 Å². The maximum absolute atomic E-state index is 5.42. The summed E-state index contributed by atoms with van der Waals surface area (Å²) in [4.78, 5) is 0. The molecule has 0 aromatic carbocycles. The van der Waals surface area contributed by atoms with Crippen LogP contribution in [0.3, 0.4) is 0 Å². The molecule has 0 atom stereocenters. The molecule has 0 amide bonds. The molecule has 1 aliphatic rings. The number of hydrogen-bond acceptors (Lipinski definition) is 3. The maximum atomic E-state index is 5.42. The molecule has 0 saturated carbocycles. The summed E-state index contributed by atoms with van der Waals surface area (Å²) in [6, 6.07) is 0. The number of unbranched alkanes of at least 4 members (excludes halogenated alkanes) is 1. The molecule has 1 heterocycles. The summed E-state index contributed by atoms with van der Waals surface area (Å²) in [6.45, 7) is 2.78. The molecule has 0 bridgehead atoms. The van der Waals surface area contributed by atoms with Crippen molar-refractivity contribution >= 4 is 11.8 Å². The third-order valence-electron chi connectivity index (χ3n) is 2.12. The van der Waals surface area contributed by atoms with E-state index in [0.29, 0.717) is 0 Å². The zero-order valence-corrected chi connectivity index (χ0v) is 8.44. The first-order valence-electron chi connectivity index (χ1n) is 4.83. The molecule has 0 unspecified atom stereocenters. The summed E-state index contributed by atoms with van der Waals surface area (Å²) >= 11 is 2.10. The summed E-state index contributed by atoms with van der Waals surface area (Å²) in [5.74, 6) is 1.28. The van der Waals surface area contributed by atoms with Crippen LogP contribution in [0.2, 0.25) is 0 Å². The molecule has 1 aliphatic heterocycles. The summed E-state index contributed by atoms with van der Waals surface area (Å²) < 4.78 is 5.29. The van der Waals surface area contributed by atoms with Crippen LogP contribution in [0, 0.1) is 0 Å². The molecule has 1 fully saturated rings. The van der Waals surface area contributed by atoms with Gasteiger partial charge in [0.05, 0.1) is 0 Å². The van der Waals surface area contributed by atoms with Crippen molar-refractivity contribution in [3.8, 4) is 0 Å². The fraction of sp³-hybridized carbons (Fsp3) is 1.00. The lowest BCUT2D eigenvalue weighted by atomic mass is 10.2. The third kappa shape index (κ3) is 4.33. The van der Waals surface area contributed by atoms with Gasteiger partial charge in [-0.25, -0.2) is 0 Å². The monoisotopic (exact) mass is 189 g/mol. The Hall–Kier alpha value is 0.270. The highest BCUT2D eigenvalue weighted by Crippen LogP contribution is 2.22. The fourth-order valence-corrected chi connectivity index (χ4v) is 2.57. The summed E-state index contributed by atoms with van der Waals surface area (Å²) in [7, 11) is 0. The van der Waals surface area contributed by atoms with E-state index in [9.17, 15) is 0 Å². The molecule has 1 saturated heterocycles. The first-order valence-corrected chi connectivity index (χ1v) is 5.88. The van der Waals surface area contributed by atoms with Crippen molar-refractivity contribution in [2.24, 2.45) is 5.73 Å². The first-order chi connectivity index (χ1) is 5.93. The highest BCUT2D eigenvalue weighted by atomic mass is 32.2. The minimum Gasteiger partial charge on any atom is -0.381 e. The van der Waals surface area contributed by atoms with Crippen molar-refractivity contribution in [2.75, 3.05) is 25.5 Å². The SMILES string of the molecule is NCCCCSC1CCOCC1. The largest absolute Gasteiger partial charge is 0.381 e. The summed E-state index contributed by atoms with van der Waals surface area (Å²) in [5, 5.41) is 0.858. The molecule has 0 spiro atoms. The number of ether oxygens (including phenoxy) is 1. The van der Waals surface area contributed by atoms with E-state index in [0.717, 1.165) is 25.0 Å². The van der Waals surface area contributed by atoms with Gasteiger partial charge in [0.25, 0.3) is 0 Å². The lowest BCUT2D eigenvalue weighted by molar-refractivity contribution is 0.100. The predicted octanol–water partition coefficient (Wildman–Crippen LogP) is 1.64. The Morgan fingerprint density at radius 1 is 1.25 bits per heavy atom. The average Bonchev–Trinajstić information content (AvgIpc) is 2.14. The van der Waals surface area contributed by atoms with E-state index in [1.54, 1.807) is 0 Å². The first kappa shape index (κ1) is 10.4. The van der Waals surface area contributed by atoms with Gasteiger partial charge in [0.2, 0.25) is 0 Å². The minimum absolute atomic E-state index is 0.842. The van der Waals surface area contributed by atoms with Crippen LogP contribution in [0.15, 0.2) is 0 Å². The molecular weight excluding hydrogens is 170 g/mol.